The fourth-order valence-electron chi connectivity index (χ4n) is 3.20. The molecule has 32 heavy (non-hydrogen) atoms. The zero-order valence-electron chi connectivity index (χ0n) is 17.3. The molecule has 0 saturated heterocycles. The number of amides is 1. The molecule has 5 rings (SSSR count). The molecule has 0 radical (unpaired) electrons. The van der Waals surface area contributed by atoms with Gasteiger partial charge in [0.05, 0.1) is 24.0 Å². The van der Waals surface area contributed by atoms with Crippen molar-refractivity contribution in [1.82, 2.24) is 45.6 Å². The van der Waals surface area contributed by atoms with Gasteiger partial charge in [-0.1, -0.05) is 6.07 Å². The van der Waals surface area contributed by atoms with Crippen LogP contribution in [0.1, 0.15) is 12.8 Å². The summed E-state index contributed by atoms with van der Waals surface area (Å²) in [5.74, 6) is 1.68. The van der Waals surface area contributed by atoms with Gasteiger partial charge >= 0.3 is 0 Å². The second kappa shape index (κ2) is 8.02. The van der Waals surface area contributed by atoms with E-state index in [1.807, 2.05) is 18.2 Å². The van der Waals surface area contributed by atoms with Gasteiger partial charge in [0.25, 0.3) is 0 Å². The Morgan fingerprint density at radius 2 is 2.09 bits per heavy atom. The average Bonchev–Trinajstić information content (AvgIpc) is 3.34. The molecule has 13 heteroatoms. The highest BCUT2D eigenvalue weighted by Crippen LogP contribution is 2.38. The molecule has 0 unspecified atom stereocenters. The van der Waals surface area contributed by atoms with Crippen LogP contribution in [-0.2, 0) is 11.8 Å². The molecule has 1 aromatic carbocycles. The molecule has 1 fully saturated rings. The number of carbonyl (C=O) groups excluding carboxylic acids is 1. The maximum atomic E-state index is 12.2. The Balaban J connectivity index is 1.54. The summed E-state index contributed by atoms with van der Waals surface area (Å²) in [6, 6.07) is 7.25. The molecule has 0 aliphatic heterocycles. The average molecular weight is 433 g/mol. The predicted molar refractivity (Wildman–Crippen MR) is 113 cm³/mol. The largest absolute Gasteiger partial charge is 0.494 e. The number of methoxy groups -OCH3 is 1. The van der Waals surface area contributed by atoms with Crippen LogP contribution in [0.3, 0.4) is 0 Å². The highest BCUT2D eigenvalue weighted by molar-refractivity contribution is 5.94. The lowest BCUT2D eigenvalue weighted by molar-refractivity contribution is -0.117. The van der Waals surface area contributed by atoms with Crippen molar-refractivity contribution in [3.05, 3.63) is 30.6 Å². The summed E-state index contributed by atoms with van der Waals surface area (Å²) in [6.45, 7) is 0. The Hall–Kier alpha value is -4.42. The monoisotopic (exact) mass is 433 g/mol. The van der Waals surface area contributed by atoms with Gasteiger partial charge in [-0.05, 0) is 35.4 Å². The molecule has 3 heterocycles. The van der Waals surface area contributed by atoms with Crippen LogP contribution in [0.5, 0.6) is 5.75 Å². The number of nitrogens with zero attached hydrogens (tertiary/aromatic N) is 8. The number of aromatic nitrogens is 9. The summed E-state index contributed by atoms with van der Waals surface area (Å²) in [4.78, 5) is 16.5. The maximum Gasteiger partial charge on any atom is 0.228 e. The number of nitrogens with one attached hydrogen (secondary N) is 3. The fourth-order valence-corrected chi connectivity index (χ4v) is 3.20. The Morgan fingerprint density at radius 1 is 1.22 bits per heavy atom. The number of ether oxygens (including phenoxy) is 1. The number of rotatable bonds is 7. The molecule has 1 aliphatic carbocycles. The molecule has 13 nitrogen and oxygen atoms in total. The van der Waals surface area contributed by atoms with Crippen LogP contribution in [0.25, 0.3) is 22.9 Å². The minimum Gasteiger partial charge on any atom is -0.494 e. The zero-order chi connectivity index (χ0) is 22.1. The van der Waals surface area contributed by atoms with Crippen molar-refractivity contribution >= 4 is 23.1 Å². The summed E-state index contributed by atoms with van der Waals surface area (Å²) < 4.78 is 7.29. The summed E-state index contributed by atoms with van der Waals surface area (Å²) >= 11 is 0. The molecule has 0 spiro atoms. The third-order valence-corrected chi connectivity index (χ3v) is 4.89. The summed E-state index contributed by atoms with van der Waals surface area (Å²) in [6.07, 6.45) is 3.39. The van der Waals surface area contributed by atoms with E-state index in [0.717, 1.165) is 12.8 Å². The van der Waals surface area contributed by atoms with Crippen molar-refractivity contribution < 1.29 is 9.53 Å². The molecule has 4 aromatic rings. The Kier molecular flexibility index (Phi) is 4.89. The van der Waals surface area contributed by atoms with Crippen LogP contribution in [0.15, 0.2) is 30.6 Å². The zero-order valence-corrected chi connectivity index (χ0v) is 17.3. The van der Waals surface area contributed by atoms with E-state index in [1.54, 1.807) is 31.2 Å². The first-order chi connectivity index (χ1) is 15.6. The van der Waals surface area contributed by atoms with Gasteiger partial charge in [-0.25, -0.2) is 10.1 Å². The molecule has 0 atom stereocenters. The van der Waals surface area contributed by atoms with Crippen molar-refractivity contribution in [2.45, 2.75) is 12.8 Å². The lowest BCUT2D eigenvalue weighted by Crippen LogP contribution is -2.15. The van der Waals surface area contributed by atoms with E-state index in [4.69, 9.17) is 4.74 Å². The molecule has 0 bridgehead atoms. The van der Waals surface area contributed by atoms with Crippen LogP contribution in [-0.4, -0.2) is 58.6 Å². The molecular weight excluding hydrogens is 414 g/mol. The molecule has 3 N–H and O–H groups in total. The maximum absolute atomic E-state index is 12.2. The SMILES string of the molecule is COc1c(Nc2cc(NC(=O)C3CC3)nnc2-c2nnn[nH]2)cccc1-c1ncn(C)n1. The van der Waals surface area contributed by atoms with Gasteiger partial charge in [-0.15, -0.1) is 15.3 Å². The lowest BCUT2D eigenvalue weighted by Gasteiger charge is -2.15. The van der Waals surface area contributed by atoms with Crippen molar-refractivity contribution in [1.29, 1.82) is 0 Å². The standard InChI is InChI=1S/C19H19N11O2/c1-30-9-20-17(27-30)11-4-3-5-12(16(11)32-2)21-13-8-14(22-19(31)10-6-7-10)23-24-15(13)18-25-28-29-26-18/h3-5,8-10H,6-7H2,1-2H3,(H2,21,22,23,31)(H,25,26,28,29). The van der Waals surface area contributed by atoms with Gasteiger partial charge in [-0.3, -0.25) is 9.48 Å². The summed E-state index contributed by atoms with van der Waals surface area (Å²) in [5.41, 5.74) is 2.25. The predicted octanol–water partition coefficient (Wildman–Crippen LogP) is 1.55. The lowest BCUT2D eigenvalue weighted by atomic mass is 10.1. The molecule has 1 aliphatic rings. The number of anilines is 3. The van der Waals surface area contributed by atoms with Crippen molar-refractivity contribution in [2.24, 2.45) is 13.0 Å². The van der Waals surface area contributed by atoms with Gasteiger partial charge in [0.2, 0.25) is 11.7 Å². The van der Waals surface area contributed by atoms with E-state index in [9.17, 15) is 4.79 Å². The molecule has 1 amide bonds. The number of benzene rings is 1. The van der Waals surface area contributed by atoms with E-state index in [0.29, 0.717) is 45.8 Å². The van der Waals surface area contributed by atoms with E-state index < -0.39 is 0 Å². The Morgan fingerprint density at radius 3 is 2.78 bits per heavy atom. The molecule has 162 valence electrons. The smallest absolute Gasteiger partial charge is 0.228 e. The van der Waals surface area contributed by atoms with Crippen LogP contribution >= 0.6 is 0 Å². The number of carbonyl (C=O) groups is 1. The third kappa shape index (κ3) is 3.82. The number of tetrazole rings is 1. The van der Waals surface area contributed by atoms with Crippen molar-refractivity contribution in [3.8, 4) is 28.7 Å². The van der Waals surface area contributed by atoms with Crippen molar-refractivity contribution in [2.75, 3.05) is 17.7 Å². The third-order valence-electron chi connectivity index (χ3n) is 4.89. The quantitative estimate of drug-likeness (QED) is 0.390. The van der Waals surface area contributed by atoms with Gasteiger partial charge in [0.1, 0.15) is 6.33 Å². The van der Waals surface area contributed by atoms with Crippen LogP contribution in [0.2, 0.25) is 0 Å². The minimum atomic E-state index is -0.0693. The van der Waals surface area contributed by atoms with Gasteiger partial charge in [-0.2, -0.15) is 5.10 Å². The second-order valence-electron chi connectivity index (χ2n) is 7.26. The van der Waals surface area contributed by atoms with Gasteiger partial charge in [0, 0.05) is 19.0 Å². The molecule has 3 aromatic heterocycles. The normalized spacial score (nSPS) is 13.1. The first-order valence-electron chi connectivity index (χ1n) is 9.85. The topological polar surface area (TPSA) is 161 Å². The Labute approximate surface area is 181 Å². The summed E-state index contributed by atoms with van der Waals surface area (Å²) in [7, 11) is 3.36. The van der Waals surface area contributed by atoms with E-state index in [2.05, 4.69) is 51.5 Å². The van der Waals surface area contributed by atoms with E-state index in [-0.39, 0.29) is 11.8 Å². The van der Waals surface area contributed by atoms with E-state index >= 15 is 0 Å². The highest BCUT2D eigenvalue weighted by Gasteiger charge is 2.30. The molecular formula is C19H19N11O2. The fraction of sp³-hybridized carbons (Fsp3) is 0.263. The van der Waals surface area contributed by atoms with Crippen molar-refractivity contribution in [3.63, 3.8) is 0 Å². The Bertz CT molecular complexity index is 1260. The number of hydrogen-bond donors (Lipinski definition) is 3. The number of para-hydroxylation sites is 1. The van der Waals surface area contributed by atoms with Gasteiger partial charge in [0.15, 0.2) is 23.1 Å². The number of aryl methyl sites for hydroxylation is 1. The van der Waals surface area contributed by atoms with Gasteiger partial charge < -0.3 is 15.4 Å². The number of aromatic amines is 1. The van der Waals surface area contributed by atoms with Crippen LogP contribution in [0, 0.1) is 5.92 Å². The van der Waals surface area contributed by atoms with Crippen LogP contribution in [0.4, 0.5) is 17.2 Å². The number of hydrogen-bond acceptors (Lipinski definition) is 10. The number of H-pyrrole nitrogens is 1. The first kappa shape index (κ1) is 19.5. The summed E-state index contributed by atoms with van der Waals surface area (Å²) in [5, 5.41) is 32.6. The highest BCUT2D eigenvalue weighted by atomic mass is 16.5. The van der Waals surface area contributed by atoms with E-state index in [1.165, 1.54) is 0 Å². The second-order valence-corrected chi connectivity index (χ2v) is 7.26. The molecule has 1 saturated carbocycles. The van der Waals surface area contributed by atoms with Crippen LogP contribution < -0.4 is 15.4 Å². The minimum absolute atomic E-state index is 0.0361. The first-order valence-corrected chi connectivity index (χ1v) is 9.85.